The molecule has 1 fully saturated rings. The van der Waals surface area contributed by atoms with Crippen molar-refractivity contribution in [2.24, 2.45) is 0 Å². The Balaban J connectivity index is 1.69. The van der Waals surface area contributed by atoms with Crippen molar-refractivity contribution < 1.29 is 9.13 Å². The van der Waals surface area contributed by atoms with Crippen LogP contribution in [0.3, 0.4) is 0 Å². The van der Waals surface area contributed by atoms with Crippen LogP contribution in [0, 0.1) is 12.7 Å². The van der Waals surface area contributed by atoms with Gasteiger partial charge in [0.2, 0.25) is 0 Å². The van der Waals surface area contributed by atoms with Crippen molar-refractivity contribution in [3.05, 3.63) is 40.5 Å². The predicted molar refractivity (Wildman–Crippen MR) is 84.5 cm³/mol. The molecule has 1 atom stereocenters. The van der Waals surface area contributed by atoms with Crippen molar-refractivity contribution in [3.63, 3.8) is 0 Å². The van der Waals surface area contributed by atoms with E-state index in [2.05, 4.69) is 30.9 Å². The number of halogens is 2. The van der Waals surface area contributed by atoms with E-state index in [1.165, 1.54) is 6.07 Å². The molecule has 0 N–H and O–H groups in total. The zero-order valence-electron chi connectivity index (χ0n) is 12.2. The molecular formula is C15H16BrFN4O. The average molecular weight is 367 g/mol. The van der Waals surface area contributed by atoms with Crippen LogP contribution >= 0.6 is 15.9 Å². The fourth-order valence-electron chi connectivity index (χ4n) is 2.46. The summed E-state index contributed by atoms with van der Waals surface area (Å²) >= 11 is 3.22. The van der Waals surface area contributed by atoms with E-state index in [1.807, 2.05) is 11.8 Å². The highest BCUT2D eigenvalue weighted by molar-refractivity contribution is 9.10. The van der Waals surface area contributed by atoms with Gasteiger partial charge < -0.3 is 9.64 Å². The molecule has 7 heteroatoms. The van der Waals surface area contributed by atoms with Crippen LogP contribution in [-0.4, -0.2) is 34.1 Å². The van der Waals surface area contributed by atoms with Crippen molar-refractivity contribution >= 4 is 21.7 Å². The molecule has 1 saturated heterocycles. The van der Waals surface area contributed by atoms with Crippen molar-refractivity contribution in [3.8, 4) is 6.01 Å². The summed E-state index contributed by atoms with van der Waals surface area (Å²) in [6.07, 6.45) is 6.78. The highest BCUT2D eigenvalue weighted by Crippen LogP contribution is 2.24. The van der Waals surface area contributed by atoms with Crippen LogP contribution in [0.15, 0.2) is 29.1 Å². The Bertz CT molecular complexity index is 652. The summed E-state index contributed by atoms with van der Waals surface area (Å²) in [4.78, 5) is 14.4. The van der Waals surface area contributed by atoms with Crippen LogP contribution in [-0.2, 0) is 0 Å². The minimum absolute atomic E-state index is 0.0682. The first-order valence-electron chi connectivity index (χ1n) is 7.13. The van der Waals surface area contributed by atoms with E-state index >= 15 is 0 Å². The summed E-state index contributed by atoms with van der Waals surface area (Å²) in [5.74, 6) is 0.0305. The standard InChI is InChI=1S/C15H16BrFN4O/c1-10-6-19-15(20-7-10)22-12-3-2-4-21(9-12)14-13(17)5-11(16)8-18-14/h5-8,12H,2-4,9H2,1H3. The Morgan fingerprint density at radius 1 is 1.27 bits per heavy atom. The quantitative estimate of drug-likeness (QED) is 0.835. The molecule has 2 aromatic heterocycles. The molecule has 0 amide bonds. The Morgan fingerprint density at radius 2 is 2.05 bits per heavy atom. The number of piperidine rings is 1. The molecule has 116 valence electrons. The van der Waals surface area contributed by atoms with Gasteiger partial charge in [-0.2, -0.15) is 0 Å². The van der Waals surface area contributed by atoms with Gasteiger partial charge in [0.25, 0.3) is 0 Å². The molecule has 0 aliphatic carbocycles. The second kappa shape index (κ2) is 6.56. The van der Waals surface area contributed by atoms with Crippen LogP contribution in [0.4, 0.5) is 10.2 Å². The SMILES string of the molecule is Cc1cnc(OC2CCCN(c3ncc(Br)cc3F)C2)nc1. The van der Waals surface area contributed by atoms with E-state index in [0.717, 1.165) is 24.9 Å². The van der Waals surface area contributed by atoms with E-state index in [9.17, 15) is 4.39 Å². The van der Waals surface area contributed by atoms with Crippen molar-refractivity contribution in [1.82, 2.24) is 15.0 Å². The summed E-state index contributed by atoms with van der Waals surface area (Å²) < 4.78 is 20.5. The number of rotatable bonds is 3. The van der Waals surface area contributed by atoms with E-state index in [0.29, 0.717) is 22.8 Å². The molecule has 22 heavy (non-hydrogen) atoms. The lowest BCUT2D eigenvalue weighted by Gasteiger charge is -2.33. The Labute approximate surface area is 136 Å². The van der Waals surface area contributed by atoms with Crippen LogP contribution in [0.1, 0.15) is 18.4 Å². The van der Waals surface area contributed by atoms with Crippen LogP contribution in [0.5, 0.6) is 6.01 Å². The summed E-state index contributed by atoms with van der Waals surface area (Å²) in [5, 5.41) is 0. The van der Waals surface area contributed by atoms with Gasteiger partial charge in [0.15, 0.2) is 11.6 Å². The average Bonchev–Trinajstić information content (AvgIpc) is 2.50. The molecule has 1 aliphatic heterocycles. The fraction of sp³-hybridized carbons (Fsp3) is 0.400. The number of hydrogen-bond acceptors (Lipinski definition) is 5. The van der Waals surface area contributed by atoms with E-state index < -0.39 is 0 Å². The number of hydrogen-bond donors (Lipinski definition) is 0. The van der Waals surface area contributed by atoms with Crippen LogP contribution in [0.25, 0.3) is 0 Å². The van der Waals surface area contributed by atoms with Gasteiger partial charge >= 0.3 is 6.01 Å². The van der Waals surface area contributed by atoms with Crippen molar-refractivity contribution in [2.75, 3.05) is 18.0 Å². The molecule has 3 rings (SSSR count). The third-order valence-electron chi connectivity index (χ3n) is 3.50. The Morgan fingerprint density at radius 3 is 2.77 bits per heavy atom. The first kappa shape index (κ1) is 15.1. The first-order valence-corrected chi connectivity index (χ1v) is 7.92. The molecule has 0 aromatic carbocycles. The van der Waals surface area contributed by atoms with Gasteiger partial charge in [0.05, 0.1) is 6.54 Å². The van der Waals surface area contributed by atoms with E-state index in [-0.39, 0.29) is 11.9 Å². The van der Waals surface area contributed by atoms with Gasteiger partial charge in [-0.15, -0.1) is 0 Å². The van der Waals surface area contributed by atoms with Gasteiger partial charge in [0.1, 0.15) is 6.10 Å². The number of aryl methyl sites for hydroxylation is 1. The molecule has 3 heterocycles. The van der Waals surface area contributed by atoms with Crippen LogP contribution in [0.2, 0.25) is 0 Å². The lowest BCUT2D eigenvalue weighted by Crippen LogP contribution is -2.42. The molecule has 0 radical (unpaired) electrons. The Kier molecular flexibility index (Phi) is 4.52. The number of aromatic nitrogens is 3. The maximum absolute atomic E-state index is 14.0. The van der Waals surface area contributed by atoms with Crippen molar-refractivity contribution in [2.45, 2.75) is 25.9 Å². The zero-order chi connectivity index (χ0) is 15.5. The fourth-order valence-corrected chi connectivity index (χ4v) is 2.76. The summed E-state index contributed by atoms with van der Waals surface area (Å²) in [5.41, 5.74) is 0.985. The second-order valence-electron chi connectivity index (χ2n) is 5.33. The van der Waals surface area contributed by atoms with Crippen LogP contribution < -0.4 is 9.64 Å². The van der Waals surface area contributed by atoms with Gasteiger partial charge in [-0.1, -0.05) is 0 Å². The summed E-state index contributed by atoms with van der Waals surface area (Å²) in [6.45, 7) is 3.26. The minimum Gasteiger partial charge on any atom is -0.458 e. The lowest BCUT2D eigenvalue weighted by molar-refractivity contribution is 0.164. The van der Waals surface area contributed by atoms with Gasteiger partial charge in [-0.25, -0.2) is 19.3 Å². The number of anilines is 1. The molecule has 0 saturated carbocycles. The van der Waals surface area contributed by atoms with Gasteiger partial charge in [-0.05, 0) is 47.3 Å². The zero-order valence-corrected chi connectivity index (χ0v) is 13.8. The molecule has 5 nitrogen and oxygen atoms in total. The molecule has 2 aromatic rings. The monoisotopic (exact) mass is 366 g/mol. The van der Waals surface area contributed by atoms with Crippen molar-refractivity contribution in [1.29, 1.82) is 0 Å². The molecule has 1 unspecified atom stereocenters. The van der Waals surface area contributed by atoms with Gasteiger partial charge in [-0.3, -0.25) is 0 Å². The predicted octanol–water partition coefficient (Wildman–Crippen LogP) is 3.13. The molecule has 1 aliphatic rings. The largest absolute Gasteiger partial charge is 0.458 e. The normalized spacial score (nSPS) is 18.3. The maximum Gasteiger partial charge on any atom is 0.316 e. The highest BCUT2D eigenvalue weighted by atomic mass is 79.9. The lowest BCUT2D eigenvalue weighted by atomic mass is 10.1. The summed E-state index contributed by atoms with van der Waals surface area (Å²) in [6, 6.07) is 1.79. The highest BCUT2D eigenvalue weighted by Gasteiger charge is 2.25. The maximum atomic E-state index is 14.0. The summed E-state index contributed by atoms with van der Waals surface area (Å²) in [7, 11) is 0. The van der Waals surface area contributed by atoms with Gasteiger partial charge in [0, 0.05) is 29.6 Å². The number of nitrogens with zero attached hydrogens (tertiary/aromatic N) is 4. The smallest absolute Gasteiger partial charge is 0.316 e. The molecule has 0 spiro atoms. The third kappa shape index (κ3) is 3.52. The number of ether oxygens (including phenoxy) is 1. The first-order chi connectivity index (χ1) is 10.6. The van der Waals surface area contributed by atoms with E-state index in [1.54, 1.807) is 18.6 Å². The topological polar surface area (TPSA) is 51.1 Å². The molecular weight excluding hydrogens is 351 g/mol. The third-order valence-corrected chi connectivity index (χ3v) is 3.93. The van der Waals surface area contributed by atoms with E-state index in [4.69, 9.17) is 4.74 Å². The minimum atomic E-state index is -0.332. The number of pyridine rings is 1. The Hall–Kier alpha value is -1.76. The second-order valence-corrected chi connectivity index (χ2v) is 6.25. The molecule has 0 bridgehead atoms.